The second-order valence-electron chi connectivity index (χ2n) is 4.66. The van der Waals surface area contributed by atoms with Gasteiger partial charge in [-0.2, -0.15) is 0 Å². The molecule has 0 radical (unpaired) electrons. The van der Waals surface area contributed by atoms with Crippen LogP contribution in [-0.2, 0) is 11.2 Å². The second-order valence-corrected chi connectivity index (χ2v) is 6.94. The van der Waals surface area contributed by atoms with Gasteiger partial charge in [-0.15, -0.1) is 0 Å². The number of fused-ring (bicyclic) bond motifs is 3. The Labute approximate surface area is 131 Å². The van der Waals surface area contributed by atoms with Gasteiger partial charge in [-0.25, -0.2) is 0 Å². The summed E-state index contributed by atoms with van der Waals surface area (Å²) in [5.41, 5.74) is 5.50. The molecule has 1 amide bonds. The number of alkyl halides is 3. The van der Waals surface area contributed by atoms with Crippen molar-refractivity contribution in [3.63, 3.8) is 0 Å². The van der Waals surface area contributed by atoms with Crippen LogP contribution in [0.5, 0.6) is 0 Å². The van der Waals surface area contributed by atoms with Crippen molar-refractivity contribution in [2.45, 2.75) is 10.2 Å². The second kappa shape index (κ2) is 4.96. The van der Waals surface area contributed by atoms with E-state index in [9.17, 15) is 4.79 Å². The number of anilines is 1. The van der Waals surface area contributed by atoms with Gasteiger partial charge in [-0.3, -0.25) is 4.79 Å². The van der Waals surface area contributed by atoms with Crippen molar-refractivity contribution < 1.29 is 4.79 Å². The topological polar surface area (TPSA) is 29.1 Å². The van der Waals surface area contributed by atoms with Crippen LogP contribution in [0.4, 0.5) is 5.69 Å². The van der Waals surface area contributed by atoms with E-state index in [1.54, 1.807) is 0 Å². The molecule has 0 saturated carbocycles. The molecule has 0 aromatic heterocycles. The average Bonchev–Trinajstić information content (AvgIpc) is 2.75. The van der Waals surface area contributed by atoms with Gasteiger partial charge in [0.15, 0.2) is 0 Å². The summed E-state index contributed by atoms with van der Waals surface area (Å²) in [5.74, 6) is -0.655. The molecule has 102 valence electrons. The minimum absolute atomic E-state index is 0.632. The predicted molar refractivity (Wildman–Crippen MR) is 83.6 cm³/mol. The quantitative estimate of drug-likeness (QED) is 0.652. The summed E-state index contributed by atoms with van der Waals surface area (Å²) >= 11 is 16.6. The lowest BCUT2D eigenvalue weighted by Gasteiger charge is -2.12. The Kier molecular flexibility index (Phi) is 3.41. The number of rotatable bonds is 1. The van der Waals surface area contributed by atoms with Crippen LogP contribution in [0.3, 0.4) is 0 Å². The molecule has 0 spiro atoms. The zero-order valence-corrected chi connectivity index (χ0v) is 12.6. The third-order valence-corrected chi connectivity index (χ3v) is 3.82. The Morgan fingerprint density at radius 2 is 1.70 bits per heavy atom. The Balaban J connectivity index is 1.90. The zero-order chi connectivity index (χ0) is 14.3. The van der Waals surface area contributed by atoms with Crippen LogP contribution in [0, 0.1) is 0 Å². The maximum atomic E-state index is 11.6. The van der Waals surface area contributed by atoms with E-state index in [0.717, 1.165) is 12.0 Å². The van der Waals surface area contributed by atoms with Gasteiger partial charge in [-0.05, 0) is 40.8 Å². The third-order valence-electron chi connectivity index (χ3n) is 3.31. The number of hydrogen-bond donors (Lipinski definition) is 1. The van der Waals surface area contributed by atoms with Crippen molar-refractivity contribution in [2.75, 3.05) is 5.32 Å². The number of carbonyl (C=O) groups excluding carboxylic acids is 1. The van der Waals surface area contributed by atoms with Crippen molar-refractivity contribution >= 4 is 46.4 Å². The van der Waals surface area contributed by atoms with Gasteiger partial charge in [0, 0.05) is 5.69 Å². The fourth-order valence-corrected chi connectivity index (χ4v) is 2.57. The van der Waals surface area contributed by atoms with Gasteiger partial charge < -0.3 is 5.32 Å². The molecule has 0 saturated heterocycles. The van der Waals surface area contributed by atoms with E-state index in [0.29, 0.717) is 5.69 Å². The largest absolute Gasteiger partial charge is 0.322 e. The normalized spacial score (nSPS) is 12.8. The Morgan fingerprint density at radius 3 is 2.45 bits per heavy atom. The van der Waals surface area contributed by atoms with E-state index in [4.69, 9.17) is 34.8 Å². The van der Waals surface area contributed by atoms with Crippen LogP contribution >= 0.6 is 34.8 Å². The molecule has 0 fully saturated rings. The molecule has 0 bridgehead atoms. The van der Waals surface area contributed by atoms with Gasteiger partial charge in [0.25, 0.3) is 9.70 Å². The molecule has 1 N–H and O–H groups in total. The summed E-state index contributed by atoms with van der Waals surface area (Å²) in [6, 6.07) is 14.0. The molecule has 0 atom stereocenters. The summed E-state index contributed by atoms with van der Waals surface area (Å²) in [5, 5.41) is 2.60. The molecule has 0 heterocycles. The van der Waals surface area contributed by atoms with Gasteiger partial charge in [0.05, 0.1) is 0 Å². The van der Waals surface area contributed by atoms with Gasteiger partial charge >= 0.3 is 0 Å². The van der Waals surface area contributed by atoms with Crippen LogP contribution < -0.4 is 5.32 Å². The molecule has 0 aliphatic heterocycles. The number of amides is 1. The Morgan fingerprint density at radius 1 is 1.00 bits per heavy atom. The first-order valence-electron chi connectivity index (χ1n) is 6.04. The van der Waals surface area contributed by atoms with E-state index in [-0.39, 0.29) is 0 Å². The molecule has 2 nitrogen and oxygen atoms in total. The number of benzene rings is 2. The number of halogens is 3. The van der Waals surface area contributed by atoms with Crippen molar-refractivity contribution in [1.82, 2.24) is 0 Å². The average molecular weight is 327 g/mol. The number of hydrogen-bond acceptors (Lipinski definition) is 1. The lowest BCUT2D eigenvalue weighted by atomic mass is 10.1. The standard InChI is InChI=1S/C15H10Cl3NO/c16-15(17,18)14(20)19-11-5-6-13-10(8-11)7-9-3-1-2-4-12(9)13/h1-6,8H,7H2,(H,19,20). The summed E-state index contributed by atoms with van der Waals surface area (Å²) < 4.78 is -1.96. The Bertz CT molecular complexity index is 692. The molecule has 0 unspecified atom stereocenters. The summed E-state index contributed by atoms with van der Waals surface area (Å²) in [7, 11) is 0. The highest BCUT2D eigenvalue weighted by Gasteiger charge is 2.30. The lowest BCUT2D eigenvalue weighted by Crippen LogP contribution is -2.26. The molecule has 1 aliphatic rings. The van der Waals surface area contributed by atoms with Crippen molar-refractivity contribution in [2.24, 2.45) is 0 Å². The van der Waals surface area contributed by atoms with Gasteiger partial charge in [0.2, 0.25) is 0 Å². The Hall–Kier alpha value is -1.22. The van der Waals surface area contributed by atoms with Crippen molar-refractivity contribution in [3.8, 4) is 11.1 Å². The maximum absolute atomic E-state index is 11.6. The van der Waals surface area contributed by atoms with Crippen LogP contribution in [-0.4, -0.2) is 9.70 Å². The molecular formula is C15H10Cl3NO. The first kappa shape index (κ1) is 13.7. The van der Waals surface area contributed by atoms with E-state index in [1.165, 1.54) is 16.7 Å². The van der Waals surface area contributed by atoms with E-state index >= 15 is 0 Å². The van der Waals surface area contributed by atoms with Crippen LogP contribution in [0.25, 0.3) is 11.1 Å². The van der Waals surface area contributed by atoms with Gasteiger partial charge in [-0.1, -0.05) is 65.1 Å². The lowest BCUT2D eigenvalue weighted by molar-refractivity contribution is -0.115. The maximum Gasteiger partial charge on any atom is 0.276 e. The van der Waals surface area contributed by atoms with E-state index < -0.39 is 9.70 Å². The van der Waals surface area contributed by atoms with Gasteiger partial charge in [0.1, 0.15) is 0 Å². The van der Waals surface area contributed by atoms with Crippen LogP contribution in [0.15, 0.2) is 42.5 Å². The summed E-state index contributed by atoms with van der Waals surface area (Å²) in [4.78, 5) is 11.6. The minimum Gasteiger partial charge on any atom is -0.322 e. The highest BCUT2D eigenvalue weighted by atomic mass is 35.6. The first-order valence-corrected chi connectivity index (χ1v) is 7.18. The first-order chi connectivity index (χ1) is 9.45. The SMILES string of the molecule is O=C(Nc1ccc2c(c1)Cc1ccccc1-2)C(Cl)(Cl)Cl. The third kappa shape index (κ3) is 2.51. The van der Waals surface area contributed by atoms with E-state index in [1.807, 2.05) is 30.3 Å². The molecule has 2 aromatic carbocycles. The summed E-state index contributed by atoms with van der Waals surface area (Å²) in [6.07, 6.45) is 0.850. The fraction of sp³-hybridized carbons (Fsp3) is 0.133. The fourth-order valence-electron chi connectivity index (χ4n) is 2.42. The predicted octanol–water partition coefficient (Wildman–Crippen LogP) is 4.57. The highest BCUT2D eigenvalue weighted by molar-refractivity contribution is 6.76. The smallest absolute Gasteiger partial charge is 0.276 e. The van der Waals surface area contributed by atoms with Crippen molar-refractivity contribution in [1.29, 1.82) is 0 Å². The highest BCUT2D eigenvalue weighted by Crippen LogP contribution is 2.38. The van der Waals surface area contributed by atoms with Crippen LogP contribution in [0.1, 0.15) is 11.1 Å². The molecule has 5 heteroatoms. The van der Waals surface area contributed by atoms with E-state index in [2.05, 4.69) is 17.4 Å². The van der Waals surface area contributed by atoms with Crippen molar-refractivity contribution in [3.05, 3.63) is 53.6 Å². The monoisotopic (exact) mass is 325 g/mol. The zero-order valence-electron chi connectivity index (χ0n) is 10.3. The number of carbonyl (C=O) groups is 1. The minimum atomic E-state index is -1.96. The molecule has 20 heavy (non-hydrogen) atoms. The van der Waals surface area contributed by atoms with Crippen LogP contribution in [0.2, 0.25) is 0 Å². The molecule has 1 aliphatic carbocycles. The number of nitrogens with one attached hydrogen (secondary N) is 1. The molecule has 2 aromatic rings. The molecular weight excluding hydrogens is 317 g/mol. The summed E-state index contributed by atoms with van der Waals surface area (Å²) in [6.45, 7) is 0. The molecule has 3 rings (SSSR count).